The Morgan fingerprint density at radius 1 is 1.45 bits per heavy atom. The molecule has 2 aromatic heterocycles. The van der Waals surface area contributed by atoms with Gasteiger partial charge in [0.1, 0.15) is 5.65 Å². The quantitative estimate of drug-likeness (QED) is 0.872. The zero-order chi connectivity index (χ0) is 14.7. The molecule has 0 aromatic carbocycles. The summed E-state index contributed by atoms with van der Waals surface area (Å²) in [5.74, 6) is -0.0708. The number of rotatable bonds is 5. The Morgan fingerprint density at radius 3 is 2.85 bits per heavy atom. The van der Waals surface area contributed by atoms with Crippen molar-refractivity contribution in [3.05, 3.63) is 35.8 Å². The van der Waals surface area contributed by atoms with Gasteiger partial charge in [0.2, 0.25) is 5.91 Å². The van der Waals surface area contributed by atoms with Crippen molar-refractivity contribution in [1.29, 1.82) is 0 Å². The van der Waals surface area contributed by atoms with E-state index < -0.39 is 6.10 Å². The molecule has 5 nitrogen and oxygen atoms in total. The summed E-state index contributed by atoms with van der Waals surface area (Å²) < 4.78 is 1.99. The van der Waals surface area contributed by atoms with E-state index in [0.717, 1.165) is 17.0 Å². The van der Waals surface area contributed by atoms with E-state index in [4.69, 9.17) is 0 Å². The highest BCUT2D eigenvalue weighted by Crippen LogP contribution is 2.09. The second-order valence-corrected chi connectivity index (χ2v) is 5.42. The van der Waals surface area contributed by atoms with Crippen molar-refractivity contribution in [2.75, 3.05) is 0 Å². The van der Waals surface area contributed by atoms with Gasteiger partial charge in [0.25, 0.3) is 0 Å². The number of aromatic nitrogens is 2. The van der Waals surface area contributed by atoms with E-state index in [1.54, 1.807) is 0 Å². The molecule has 1 atom stereocenters. The summed E-state index contributed by atoms with van der Waals surface area (Å²) in [7, 11) is 0. The predicted molar refractivity (Wildman–Crippen MR) is 77.2 cm³/mol. The first-order valence-corrected chi connectivity index (χ1v) is 6.85. The fourth-order valence-corrected chi connectivity index (χ4v) is 1.97. The molecule has 0 aliphatic rings. The van der Waals surface area contributed by atoms with Crippen molar-refractivity contribution in [3.8, 4) is 0 Å². The van der Waals surface area contributed by atoms with Crippen LogP contribution in [0.25, 0.3) is 5.65 Å². The number of aliphatic hydroxyl groups is 1. The molecule has 0 radical (unpaired) electrons. The van der Waals surface area contributed by atoms with Gasteiger partial charge in [0.05, 0.1) is 24.8 Å². The minimum Gasteiger partial charge on any atom is -0.392 e. The number of nitrogens with one attached hydrogen (secondary N) is 1. The number of aliphatic hydroxyl groups excluding tert-OH is 1. The van der Waals surface area contributed by atoms with Gasteiger partial charge in [0, 0.05) is 11.9 Å². The molecule has 2 N–H and O–H groups in total. The minimum atomic E-state index is -0.599. The molecule has 1 amide bonds. The molecule has 0 aliphatic carbocycles. The summed E-state index contributed by atoms with van der Waals surface area (Å²) in [6.07, 6.45) is 1.45. The monoisotopic (exact) mass is 275 g/mol. The zero-order valence-corrected chi connectivity index (χ0v) is 12.1. The Balaban J connectivity index is 1.96. The van der Waals surface area contributed by atoms with Crippen LogP contribution in [-0.2, 0) is 11.3 Å². The Kier molecular flexibility index (Phi) is 4.39. The number of nitrogens with zero attached hydrogens (tertiary/aromatic N) is 2. The minimum absolute atomic E-state index is 0.0820. The fourth-order valence-electron chi connectivity index (χ4n) is 1.97. The molecule has 2 heterocycles. The summed E-state index contributed by atoms with van der Waals surface area (Å²) in [6, 6.07) is 5.90. The molecule has 0 spiro atoms. The van der Waals surface area contributed by atoms with Crippen LogP contribution < -0.4 is 5.32 Å². The van der Waals surface area contributed by atoms with Crippen LogP contribution >= 0.6 is 0 Å². The number of pyridine rings is 1. The van der Waals surface area contributed by atoms with Gasteiger partial charge in [-0.25, -0.2) is 4.98 Å². The van der Waals surface area contributed by atoms with Crippen LogP contribution in [0.3, 0.4) is 0 Å². The van der Waals surface area contributed by atoms with Gasteiger partial charge < -0.3 is 14.8 Å². The highest BCUT2D eigenvalue weighted by molar-refractivity contribution is 5.76. The number of carbonyl (C=O) groups excluding carboxylic acids is 1. The predicted octanol–water partition coefficient (Wildman–Crippen LogP) is 1.67. The van der Waals surface area contributed by atoms with Crippen molar-refractivity contribution < 1.29 is 9.90 Å². The molecular weight excluding hydrogens is 254 g/mol. The molecular formula is C15H21N3O2. The van der Waals surface area contributed by atoms with Gasteiger partial charge in [-0.3, -0.25) is 4.79 Å². The molecule has 0 fully saturated rings. The van der Waals surface area contributed by atoms with Crippen molar-refractivity contribution in [3.63, 3.8) is 0 Å². The molecule has 5 heteroatoms. The summed E-state index contributed by atoms with van der Waals surface area (Å²) in [5, 5.41) is 12.5. The summed E-state index contributed by atoms with van der Waals surface area (Å²) in [5.41, 5.74) is 2.78. The number of carbonyl (C=O) groups is 1. The van der Waals surface area contributed by atoms with Crippen LogP contribution in [0.4, 0.5) is 0 Å². The maximum atomic E-state index is 11.7. The first-order chi connectivity index (χ1) is 9.47. The zero-order valence-electron chi connectivity index (χ0n) is 12.1. The van der Waals surface area contributed by atoms with E-state index in [-0.39, 0.29) is 18.2 Å². The van der Waals surface area contributed by atoms with Gasteiger partial charge >= 0.3 is 0 Å². The van der Waals surface area contributed by atoms with E-state index in [2.05, 4.69) is 10.3 Å². The maximum Gasteiger partial charge on any atom is 0.222 e. The molecule has 108 valence electrons. The number of hydrogen-bond acceptors (Lipinski definition) is 3. The molecule has 2 rings (SSSR count). The second kappa shape index (κ2) is 6.05. The average molecular weight is 275 g/mol. The molecule has 2 aromatic rings. The first kappa shape index (κ1) is 14.5. The lowest BCUT2D eigenvalue weighted by atomic mass is 10.0. The van der Waals surface area contributed by atoms with Crippen LogP contribution in [0.2, 0.25) is 0 Å². The SMILES string of the molecule is Cc1cccc2nc(CNC(=O)CC(O)C(C)C)cn12. The topological polar surface area (TPSA) is 66.6 Å². The largest absolute Gasteiger partial charge is 0.392 e. The van der Waals surface area contributed by atoms with Crippen LogP contribution in [0.1, 0.15) is 31.7 Å². The third-order valence-electron chi connectivity index (χ3n) is 3.38. The third kappa shape index (κ3) is 3.36. The normalized spacial score (nSPS) is 12.8. The molecule has 20 heavy (non-hydrogen) atoms. The highest BCUT2D eigenvalue weighted by Gasteiger charge is 2.14. The van der Waals surface area contributed by atoms with Gasteiger partial charge in [0.15, 0.2) is 0 Å². The van der Waals surface area contributed by atoms with Gasteiger partial charge in [-0.1, -0.05) is 19.9 Å². The van der Waals surface area contributed by atoms with Crippen LogP contribution in [0.15, 0.2) is 24.4 Å². The van der Waals surface area contributed by atoms with Crippen molar-refractivity contribution in [2.24, 2.45) is 5.92 Å². The standard InChI is InChI=1S/C15H21N3O2/c1-10(2)13(19)7-15(20)16-8-12-9-18-11(3)5-4-6-14(18)17-12/h4-6,9-10,13,19H,7-8H2,1-3H3,(H,16,20). The number of hydrogen-bond donors (Lipinski definition) is 2. The lowest BCUT2D eigenvalue weighted by molar-refractivity contribution is -0.123. The summed E-state index contributed by atoms with van der Waals surface area (Å²) >= 11 is 0. The molecule has 0 aliphatic heterocycles. The van der Waals surface area contributed by atoms with Crippen LogP contribution in [0, 0.1) is 12.8 Å². The van der Waals surface area contributed by atoms with Crippen molar-refractivity contribution in [1.82, 2.24) is 14.7 Å². The first-order valence-electron chi connectivity index (χ1n) is 6.85. The van der Waals surface area contributed by atoms with E-state index in [1.165, 1.54) is 0 Å². The lowest BCUT2D eigenvalue weighted by Crippen LogP contribution is -2.29. The van der Waals surface area contributed by atoms with E-state index >= 15 is 0 Å². The van der Waals surface area contributed by atoms with Gasteiger partial charge in [-0.05, 0) is 25.0 Å². The van der Waals surface area contributed by atoms with Crippen LogP contribution in [0.5, 0.6) is 0 Å². The molecule has 0 saturated carbocycles. The third-order valence-corrected chi connectivity index (χ3v) is 3.38. The molecule has 1 unspecified atom stereocenters. The maximum absolute atomic E-state index is 11.7. The Hall–Kier alpha value is -1.88. The van der Waals surface area contributed by atoms with E-state index in [9.17, 15) is 9.90 Å². The lowest BCUT2D eigenvalue weighted by Gasteiger charge is -2.13. The van der Waals surface area contributed by atoms with Gasteiger partial charge in [-0.2, -0.15) is 0 Å². The smallest absolute Gasteiger partial charge is 0.222 e. The average Bonchev–Trinajstić information content (AvgIpc) is 2.81. The van der Waals surface area contributed by atoms with Crippen LogP contribution in [-0.4, -0.2) is 26.5 Å². The number of fused-ring (bicyclic) bond motifs is 1. The molecule has 0 saturated heterocycles. The van der Waals surface area contributed by atoms with Crippen molar-refractivity contribution >= 4 is 11.6 Å². The van der Waals surface area contributed by atoms with Gasteiger partial charge in [-0.15, -0.1) is 0 Å². The van der Waals surface area contributed by atoms with E-state index in [1.807, 2.05) is 49.6 Å². The summed E-state index contributed by atoms with van der Waals surface area (Å²) in [6.45, 7) is 6.17. The highest BCUT2D eigenvalue weighted by atomic mass is 16.3. The molecule has 0 bridgehead atoms. The second-order valence-electron chi connectivity index (χ2n) is 5.42. The van der Waals surface area contributed by atoms with E-state index in [0.29, 0.717) is 6.54 Å². The summed E-state index contributed by atoms with van der Waals surface area (Å²) in [4.78, 5) is 16.2. The fraction of sp³-hybridized carbons (Fsp3) is 0.467. The number of aryl methyl sites for hydroxylation is 1. The number of imidazole rings is 1. The van der Waals surface area contributed by atoms with Crippen molar-refractivity contribution in [2.45, 2.75) is 39.8 Å². The Morgan fingerprint density at radius 2 is 2.20 bits per heavy atom. The Bertz CT molecular complexity index is 604. The Labute approximate surface area is 118 Å². The number of amides is 1.